The van der Waals surface area contributed by atoms with Gasteiger partial charge in [-0.15, -0.1) is 0 Å². The number of benzene rings is 2. The van der Waals surface area contributed by atoms with E-state index < -0.39 is 17.6 Å². The van der Waals surface area contributed by atoms with Crippen molar-refractivity contribution in [2.24, 2.45) is 0 Å². The Balaban J connectivity index is 2.15. The molecule has 2 aromatic carbocycles. The summed E-state index contributed by atoms with van der Waals surface area (Å²) in [5.74, 6) is -2.11. The fourth-order valence-corrected chi connectivity index (χ4v) is 1.89. The van der Waals surface area contributed by atoms with Gasteiger partial charge in [0.1, 0.15) is 11.6 Å². The zero-order valence-electron chi connectivity index (χ0n) is 10.2. The molecular weight excluding hydrogens is 332 g/mol. The lowest BCUT2D eigenvalue weighted by Gasteiger charge is -2.09. The minimum atomic E-state index is -1.14. The van der Waals surface area contributed by atoms with Gasteiger partial charge in [0.25, 0.3) is 0 Å². The number of nitrogens with one attached hydrogen (secondary N) is 1. The lowest BCUT2D eigenvalue weighted by Crippen LogP contribution is -2.04. The largest absolute Gasteiger partial charge is 0.478 e. The highest BCUT2D eigenvalue weighted by molar-refractivity contribution is 9.10. The minimum absolute atomic E-state index is 0.0177. The standard InChI is InChI=1S/C14H10BrF2NO2/c15-10-3-1-8(5-12(10)17)7-18-13-6-9(14(19)20)2-4-11(13)16/h1-6,18H,7H2,(H,19,20). The first-order valence-corrected chi connectivity index (χ1v) is 6.47. The number of carboxylic acid groups (broad SMARTS) is 1. The van der Waals surface area contributed by atoms with Crippen molar-refractivity contribution in [2.75, 3.05) is 5.32 Å². The van der Waals surface area contributed by atoms with Gasteiger partial charge in [-0.1, -0.05) is 6.07 Å². The molecule has 104 valence electrons. The second kappa shape index (κ2) is 6.00. The zero-order valence-corrected chi connectivity index (χ0v) is 11.7. The fraction of sp³-hybridized carbons (Fsp3) is 0.0714. The van der Waals surface area contributed by atoms with Crippen molar-refractivity contribution >= 4 is 27.6 Å². The fourth-order valence-electron chi connectivity index (χ4n) is 1.64. The summed E-state index contributed by atoms with van der Waals surface area (Å²) in [5.41, 5.74) is 0.662. The highest BCUT2D eigenvalue weighted by Gasteiger charge is 2.08. The Bertz CT molecular complexity index is 662. The van der Waals surface area contributed by atoms with Gasteiger partial charge in [0.2, 0.25) is 0 Å². The van der Waals surface area contributed by atoms with Gasteiger partial charge in [0.15, 0.2) is 0 Å². The van der Waals surface area contributed by atoms with Crippen molar-refractivity contribution in [1.82, 2.24) is 0 Å². The first-order chi connectivity index (χ1) is 9.47. The third-order valence-corrected chi connectivity index (χ3v) is 3.32. The van der Waals surface area contributed by atoms with E-state index in [4.69, 9.17) is 5.11 Å². The van der Waals surface area contributed by atoms with Crippen molar-refractivity contribution < 1.29 is 18.7 Å². The Labute approximate surface area is 122 Å². The van der Waals surface area contributed by atoms with E-state index in [-0.39, 0.29) is 17.8 Å². The number of halogens is 3. The van der Waals surface area contributed by atoms with Gasteiger partial charge in [-0.25, -0.2) is 13.6 Å². The van der Waals surface area contributed by atoms with E-state index in [0.29, 0.717) is 10.0 Å². The van der Waals surface area contributed by atoms with Gasteiger partial charge in [-0.3, -0.25) is 0 Å². The molecule has 0 spiro atoms. The number of hydrogen-bond donors (Lipinski definition) is 2. The molecular formula is C14H10BrF2NO2. The number of carboxylic acids is 1. The van der Waals surface area contributed by atoms with E-state index in [1.807, 2.05) is 0 Å². The summed E-state index contributed by atoms with van der Waals surface area (Å²) in [6, 6.07) is 8.01. The average molecular weight is 342 g/mol. The Hall–Kier alpha value is -1.95. The molecule has 0 aliphatic carbocycles. The molecule has 0 amide bonds. The van der Waals surface area contributed by atoms with Crippen LogP contribution in [0.25, 0.3) is 0 Å². The summed E-state index contributed by atoms with van der Waals surface area (Å²) in [7, 11) is 0. The molecule has 0 atom stereocenters. The Morgan fingerprint density at radius 1 is 1.15 bits per heavy atom. The lowest BCUT2D eigenvalue weighted by atomic mass is 10.1. The predicted octanol–water partition coefficient (Wildman–Crippen LogP) is 4.04. The van der Waals surface area contributed by atoms with Crippen LogP contribution in [-0.2, 0) is 6.54 Å². The topological polar surface area (TPSA) is 49.3 Å². The smallest absolute Gasteiger partial charge is 0.335 e. The van der Waals surface area contributed by atoms with Crippen LogP contribution in [0, 0.1) is 11.6 Å². The van der Waals surface area contributed by atoms with E-state index in [0.717, 1.165) is 6.07 Å². The second-order valence-corrected chi connectivity index (χ2v) is 4.96. The highest BCUT2D eigenvalue weighted by Crippen LogP contribution is 2.19. The Morgan fingerprint density at radius 2 is 1.90 bits per heavy atom. The maximum atomic E-state index is 13.5. The van der Waals surface area contributed by atoms with Gasteiger partial charge in [0, 0.05) is 6.54 Å². The summed E-state index contributed by atoms with van der Waals surface area (Å²) in [6.07, 6.45) is 0. The average Bonchev–Trinajstić information content (AvgIpc) is 2.41. The zero-order chi connectivity index (χ0) is 14.7. The van der Waals surface area contributed by atoms with Crippen LogP contribution in [0.4, 0.5) is 14.5 Å². The summed E-state index contributed by atoms with van der Waals surface area (Å²) in [5, 5.41) is 11.6. The van der Waals surface area contributed by atoms with Gasteiger partial charge in [-0.05, 0) is 51.8 Å². The van der Waals surface area contributed by atoms with Crippen LogP contribution in [-0.4, -0.2) is 11.1 Å². The Kier molecular flexibility index (Phi) is 4.34. The minimum Gasteiger partial charge on any atom is -0.478 e. The van der Waals surface area contributed by atoms with Gasteiger partial charge in [-0.2, -0.15) is 0 Å². The summed E-state index contributed by atoms with van der Waals surface area (Å²) >= 11 is 3.04. The van der Waals surface area contributed by atoms with Crippen molar-refractivity contribution in [1.29, 1.82) is 0 Å². The molecule has 0 aliphatic rings. The molecule has 2 rings (SSSR count). The van der Waals surface area contributed by atoms with Gasteiger partial charge < -0.3 is 10.4 Å². The first kappa shape index (κ1) is 14.5. The number of aromatic carboxylic acids is 1. The van der Waals surface area contributed by atoms with Crippen molar-refractivity contribution in [3.8, 4) is 0 Å². The van der Waals surface area contributed by atoms with Crippen LogP contribution in [0.3, 0.4) is 0 Å². The Morgan fingerprint density at radius 3 is 2.55 bits per heavy atom. The van der Waals surface area contributed by atoms with Crippen LogP contribution >= 0.6 is 15.9 Å². The number of rotatable bonds is 4. The summed E-state index contributed by atoms with van der Waals surface area (Å²) in [4.78, 5) is 10.8. The van der Waals surface area contributed by atoms with E-state index in [9.17, 15) is 13.6 Å². The van der Waals surface area contributed by atoms with E-state index in [1.165, 1.54) is 18.2 Å². The lowest BCUT2D eigenvalue weighted by molar-refractivity contribution is 0.0697. The molecule has 0 fully saturated rings. The van der Waals surface area contributed by atoms with E-state index in [2.05, 4.69) is 21.2 Å². The molecule has 0 aliphatic heterocycles. The normalized spacial score (nSPS) is 10.3. The molecule has 3 nitrogen and oxygen atoms in total. The maximum Gasteiger partial charge on any atom is 0.335 e. The molecule has 0 saturated carbocycles. The van der Waals surface area contributed by atoms with Crippen LogP contribution in [0.15, 0.2) is 40.9 Å². The summed E-state index contributed by atoms with van der Waals surface area (Å²) in [6.45, 7) is 0.185. The highest BCUT2D eigenvalue weighted by atomic mass is 79.9. The molecule has 2 N–H and O–H groups in total. The summed E-state index contributed by atoms with van der Waals surface area (Å²) < 4.78 is 27.2. The van der Waals surface area contributed by atoms with E-state index in [1.54, 1.807) is 12.1 Å². The van der Waals surface area contributed by atoms with Crippen molar-refractivity contribution in [2.45, 2.75) is 6.54 Å². The van der Waals surface area contributed by atoms with Crippen LogP contribution in [0.2, 0.25) is 0 Å². The van der Waals surface area contributed by atoms with Gasteiger partial charge in [0.05, 0.1) is 15.7 Å². The molecule has 0 heterocycles. The third kappa shape index (κ3) is 3.33. The molecule has 20 heavy (non-hydrogen) atoms. The SMILES string of the molecule is O=C(O)c1ccc(F)c(NCc2ccc(Br)c(F)c2)c1. The third-order valence-electron chi connectivity index (χ3n) is 2.68. The van der Waals surface area contributed by atoms with Crippen molar-refractivity contribution in [3.63, 3.8) is 0 Å². The first-order valence-electron chi connectivity index (χ1n) is 5.68. The number of hydrogen-bond acceptors (Lipinski definition) is 2. The second-order valence-electron chi connectivity index (χ2n) is 4.10. The maximum absolute atomic E-state index is 13.5. The quantitative estimate of drug-likeness (QED) is 0.882. The molecule has 2 aromatic rings. The number of carbonyl (C=O) groups is 1. The molecule has 0 saturated heterocycles. The number of anilines is 1. The predicted molar refractivity (Wildman–Crippen MR) is 74.8 cm³/mol. The molecule has 0 unspecified atom stereocenters. The molecule has 6 heteroatoms. The van der Waals surface area contributed by atoms with Crippen molar-refractivity contribution in [3.05, 3.63) is 63.6 Å². The molecule has 0 aromatic heterocycles. The molecule has 0 bridgehead atoms. The van der Waals surface area contributed by atoms with Gasteiger partial charge >= 0.3 is 5.97 Å². The molecule has 0 radical (unpaired) electrons. The van der Waals surface area contributed by atoms with E-state index >= 15 is 0 Å². The van der Waals surface area contributed by atoms with Crippen LogP contribution < -0.4 is 5.32 Å². The van der Waals surface area contributed by atoms with Crippen LogP contribution in [0.5, 0.6) is 0 Å². The van der Waals surface area contributed by atoms with Crippen LogP contribution in [0.1, 0.15) is 15.9 Å². The monoisotopic (exact) mass is 341 g/mol.